The fraction of sp³-hybridized carbons (Fsp3) is 0.417. The number of aromatic nitrogens is 4. The van der Waals surface area contributed by atoms with E-state index < -0.39 is 0 Å². The first-order valence-electron chi connectivity index (χ1n) is 5.83. The van der Waals surface area contributed by atoms with Gasteiger partial charge in [-0.15, -0.1) is 0 Å². The van der Waals surface area contributed by atoms with Crippen LogP contribution in [0.25, 0.3) is 5.95 Å². The highest BCUT2D eigenvalue weighted by atomic mass is 16.1. The second kappa shape index (κ2) is 4.29. The van der Waals surface area contributed by atoms with Gasteiger partial charge >= 0.3 is 0 Å². The van der Waals surface area contributed by atoms with Crippen LogP contribution >= 0.6 is 0 Å². The Hall–Kier alpha value is -2.11. The minimum Gasteiger partial charge on any atom is -0.393 e. The van der Waals surface area contributed by atoms with Crippen molar-refractivity contribution in [2.75, 3.05) is 5.73 Å². The summed E-state index contributed by atoms with van der Waals surface area (Å²) in [6.07, 6.45) is 0. The van der Waals surface area contributed by atoms with Gasteiger partial charge in [-0.1, -0.05) is 13.8 Å². The quantitative estimate of drug-likeness (QED) is 0.836. The Labute approximate surface area is 105 Å². The number of hydrogen-bond acceptors (Lipinski definition) is 4. The lowest BCUT2D eigenvalue weighted by molar-refractivity contribution is 0.725. The van der Waals surface area contributed by atoms with Gasteiger partial charge in [0.25, 0.3) is 11.5 Å². The van der Waals surface area contributed by atoms with Gasteiger partial charge in [0.15, 0.2) is 0 Å². The molecular weight excluding hydrogens is 230 g/mol. The van der Waals surface area contributed by atoms with Gasteiger partial charge < -0.3 is 5.73 Å². The molecule has 0 bridgehead atoms. The van der Waals surface area contributed by atoms with E-state index in [1.54, 1.807) is 0 Å². The summed E-state index contributed by atoms with van der Waals surface area (Å²) in [7, 11) is 0. The molecule has 0 spiro atoms. The highest BCUT2D eigenvalue weighted by Gasteiger charge is 2.16. The van der Waals surface area contributed by atoms with Gasteiger partial charge in [-0.3, -0.25) is 9.89 Å². The lowest BCUT2D eigenvalue weighted by Crippen LogP contribution is -2.19. The molecule has 2 rings (SSSR count). The summed E-state index contributed by atoms with van der Waals surface area (Å²) in [5, 5.41) is 2.97. The average Bonchev–Trinajstić information content (AvgIpc) is 2.55. The summed E-state index contributed by atoms with van der Waals surface area (Å²) >= 11 is 0. The summed E-state index contributed by atoms with van der Waals surface area (Å²) < 4.78 is 1.30. The Morgan fingerprint density at radius 2 is 1.83 bits per heavy atom. The summed E-state index contributed by atoms with van der Waals surface area (Å²) in [4.78, 5) is 20.5. The summed E-state index contributed by atoms with van der Waals surface area (Å²) in [6.45, 7) is 7.65. The molecule has 2 aromatic rings. The van der Waals surface area contributed by atoms with Crippen LogP contribution in [-0.4, -0.2) is 19.7 Å². The maximum Gasteiger partial charge on any atom is 0.297 e. The molecule has 0 atom stereocenters. The normalized spacial score (nSPS) is 11.2. The summed E-state index contributed by atoms with van der Waals surface area (Å²) in [6, 6.07) is 1.85. The molecule has 0 saturated heterocycles. The van der Waals surface area contributed by atoms with Crippen LogP contribution in [0.1, 0.15) is 36.8 Å². The molecule has 0 fully saturated rings. The zero-order valence-corrected chi connectivity index (χ0v) is 11.0. The Morgan fingerprint density at radius 3 is 2.28 bits per heavy atom. The van der Waals surface area contributed by atoms with Crippen molar-refractivity contribution in [1.82, 2.24) is 19.7 Å². The van der Waals surface area contributed by atoms with Crippen molar-refractivity contribution in [2.45, 2.75) is 33.6 Å². The molecule has 0 aliphatic rings. The van der Waals surface area contributed by atoms with Crippen molar-refractivity contribution in [1.29, 1.82) is 0 Å². The standard InChI is InChI=1S/C12H17N5O/c1-6(2)10-9(13)11(18)17(16-10)12-14-7(3)5-8(4)15-12/h5-6,16H,13H2,1-4H3. The molecule has 0 aliphatic heterocycles. The van der Waals surface area contributed by atoms with Crippen molar-refractivity contribution in [3.05, 3.63) is 33.5 Å². The zero-order chi connectivity index (χ0) is 13.4. The second-order valence-electron chi connectivity index (χ2n) is 4.69. The maximum absolute atomic E-state index is 12.0. The SMILES string of the molecule is Cc1cc(C)nc(-n2[nH]c(C(C)C)c(N)c2=O)n1. The molecule has 2 aromatic heterocycles. The molecule has 3 N–H and O–H groups in total. The minimum absolute atomic E-state index is 0.143. The third kappa shape index (κ3) is 2.01. The molecule has 0 amide bonds. The van der Waals surface area contributed by atoms with Gasteiger partial charge in [-0.2, -0.15) is 4.68 Å². The molecule has 0 saturated carbocycles. The topological polar surface area (TPSA) is 89.6 Å². The number of nitrogen functional groups attached to an aromatic ring is 1. The molecule has 6 nitrogen and oxygen atoms in total. The molecule has 2 heterocycles. The van der Waals surface area contributed by atoms with Gasteiger partial charge in [0, 0.05) is 11.4 Å². The van der Waals surface area contributed by atoms with Crippen LogP contribution in [0.5, 0.6) is 0 Å². The second-order valence-corrected chi connectivity index (χ2v) is 4.69. The van der Waals surface area contributed by atoms with Crippen molar-refractivity contribution in [3.8, 4) is 5.95 Å². The van der Waals surface area contributed by atoms with Gasteiger partial charge in [0.1, 0.15) is 5.69 Å². The van der Waals surface area contributed by atoms with Crippen molar-refractivity contribution < 1.29 is 0 Å². The molecular formula is C12H17N5O. The monoisotopic (exact) mass is 247 g/mol. The molecule has 0 radical (unpaired) electrons. The van der Waals surface area contributed by atoms with E-state index in [2.05, 4.69) is 15.1 Å². The third-order valence-corrected chi connectivity index (χ3v) is 2.70. The molecule has 0 unspecified atom stereocenters. The Bertz CT molecular complexity index is 618. The van der Waals surface area contributed by atoms with E-state index in [0.717, 1.165) is 11.4 Å². The number of anilines is 1. The number of hydrogen-bond donors (Lipinski definition) is 2. The zero-order valence-electron chi connectivity index (χ0n) is 11.0. The highest BCUT2D eigenvalue weighted by Crippen LogP contribution is 2.16. The summed E-state index contributed by atoms with van der Waals surface area (Å²) in [5.41, 5.74) is 8.05. The van der Waals surface area contributed by atoms with Crippen LogP contribution in [0, 0.1) is 13.8 Å². The smallest absolute Gasteiger partial charge is 0.297 e. The highest BCUT2D eigenvalue weighted by molar-refractivity contribution is 5.44. The van der Waals surface area contributed by atoms with Crippen LogP contribution in [0.3, 0.4) is 0 Å². The summed E-state index contributed by atoms with van der Waals surface area (Å²) in [5.74, 6) is 0.473. The predicted molar refractivity (Wildman–Crippen MR) is 70.0 cm³/mol. The Morgan fingerprint density at radius 1 is 1.28 bits per heavy atom. The molecule has 0 aliphatic carbocycles. The lowest BCUT2D eigenvalue weighted by Gasteiger charge is -2.04. The van der Waals surface area contributed by atoms with Gasteiger partial charge in [-0.25, -0.2) is 9.97 Å². The molecule has 96 valence electrons. The average molecular weight is 247 g/mol. The van der Waals surface area contributed by atoms with Crippen LogP contribution in [0.4, 0.5) is 5.69 Å². The number of nitrogens with zero attached hydrogens (tertiary/aromatic N) is 3. The van der Waals surface area contributed by atoms with Crippen LogP contribution in [0.15, 0.2) is 10.9 Å². The molecule has 6 heteroatoms. The van der Waals surface area contributed by atoms with E-state index in [1.165, 1.54) is 4.68 Å². The fourth-order valence-corrected chi connectivity index (χ4v) is 1.86. The van der Waals surface area contributed by atoms with Crippen LogP contribution in [-0.2, 0) is 0 Å². The van der Waals surface area contributed by atoms with Crippen molar-refractivity contribution in [2.24, 2.45) is 0 Å². The van der Waals surface area contributed by atoms with E-state index in [9.17, 15) is 4.79 Å². The van der Waals surface area contributed by atoms with E-state index in [1.807, 2.05) is 33.8 Å². The Balaban J connectivity index is 2.65. The van der Waals surface area contributed by atoms with Crippen LogP contribution < -0.4 is 11.3 Å². The van der Waals surface area contributed by atoms with E-state index >= 15 is 0 Å². The van der Waals surface area contributed by atoms with Crippen molar-refractivity contribution in [3.63, 3.8) is 0 Å². The first kappa shape index (κ1) is 12.3. The number of aromatic amines is 1. The van der Waals surface area contributed by atoms with Crippen LogP contribution in [0.2, 0.25) is 0 Å². The number of H-pyrrole nitrogens is 1. The number of rotatable bonds is 2. The molecule has 18 heavy (non-hydrogen) atoms. The van der Waals surface area contributed by atoms with E-state index in [-0.39, 0.29) is 17.2 Å². The van der Waals surface area contributed by atoms with Gasteiger partial charge in [-0.05, 0) is 25.8 Å². The first-order valence-corrected chi connectivity index (χ1v) is 5.83. The number of nitrogens with two attached hydrogens (primary N) is 1. The van der Waals surface area contributed by atoms with Crippen molar-refractivity contribution >= 4 is 5.69 Å². The third-order valence-electron chi connectivity index (χ3n) is 2.70. The fourth-order valence-electron chi connectivity index (χ4n) is 1.86. The van der Waals surface area contributed by atoms with Gasteiger partial charge in [0.05, 0.1) is 5.69 Å². The predicted octanol–water partition coefficient (Wildman–Crippen LogP) is 1.28. The van der Waals surface area contributed by atoms with E-state index in [0.29, 0.717) is 11.6 Å². The minimum atomic E-state index is -0.302. The number of nitrogens with one attached hydrogen (secondary N) is 1. The maximum atomic E-state index is 12.0. The Kier molecular flexibility index (Phi) is 2.94. The molecule has 0 aromatic carbocycles. The van der Waals surface area contributed by atoms with Gasteiger partial charge in [0.2, 0.25) is 0 Å². The number of aryl methyl sites for hydroxylation is 2. The first-order chi connectivity index (χ1) is 8.40. The largest absolute Gasteiger partial charge is 0.393 e. The lowest BCUT2D eigenvalue weighted by atomic mass is 10.1. The van der Waals surface area contributed by atoms with E-state index in [4.69, 9.17) is 5.73 Å².